The minimum atomic E-state index is 0.0102. The Balaban J connectivity index is 1.48. The van der Waals surface area contributed by atoms with Crippen LogP contribution in [0.1, 0.15) is 16.5 Å². The number of amides is 1. The van der Waals surface area contributed by atoms with Gasteiger partial charge < -0.3 is 9.32 Å². The van der Waals surface area contributed by atoms with Crippen LogP contribution in [0.4, 0.5) is 0 Å². The lowest BCUT2D eigenvalue weighted by Crippen LogP contribution is -2.27. The number of nitrogens with zero attached hydrogens (tertiary/aromatic N) is 3. The van der Waals surface area contributed by atoms with E-state index in [0.29, 0.717) is 17.5 Å². The standard InChI is InChI=1S/C15H16N4O2S2/c1-19(9-11-4-2-6-21-11)14(20)10-23-15-16-13(17-18-15)8-12-5-3-7-22-12/h2-7H,8-10H2,1H3,(H,16,17,18). The van der Waals surface area contributed by atoms with Gasteiger partial charge in [0.15, 0.2) is 0 Å². The SMILES string of the molecule is CN(Cc1ccco1)C(=O)CSc1n[nH]c(Cc2cccs2)n1. The van der Waals surface area contributed by atoms with Crippen LogP contribution in [-0.2, 0) is 17.8 Å². The summed E-state index contributed by atoms with van der Waals surface area (Å²) in [7, 11) is 1.76. The minimum Gasteiger partial charge on any atom is -0.467 e. The van der Waals surface area contributed by atoms with E-state index in [1.54, 1.807) is 29.5 Å². The van der Waals surface area contributed by atoms with Crippen molar-refractivity contribution in [1.82, 2.24) is 20.1 Å². The number of thioether (sulfide) groups is 1. The molecule has 0 spiro atoms. The van der Waals surface area contributed by atoms with E-state index in [0.717, 1.165) is 18.0 Å². The lowest BCUT2D eigenvalue weighted by Gasteiger charge is -2.14. The number of aromatic amines is 1. The molecule has 0 aliphatic heterocycles. The first-order chi connectivity index (χ1) is 11.2. The number of carbonyl (C=O) groups excluding carboxylic acids is 1. The average molecular weight is 348 g/mol. The van der Waals surface area contributed by atoms with Gasteiger partial charge in [0.2, 0.25) is 11.1 Å². The van der Waals surface area contributed by atoms with Crippen LogP contribution in [0.3, 0.4) is 0 Å². The normalized spacial score (nSPS) is 10.8. The molecule has 8 heteroatoms. The number of rotatable bonds is 7. The second kappa shape index (κ2) is 7.47. The molecule has 1 amide bonds. The number of hydrogen-bond acceptors (Lipinski definition) is 6. The zero-order valence-electron chi connectivity index (χ0n) is 12.6. The Bertz CT molecular complexity index is 737. The van der Waals surface area contributed by atoms with Crippen molar-refractivity contribution in [2.24, 2.45) is 0 Å². The molecule has 0 aliphatic rings. The highest BCUT2D eigenvalue weighted by atomic mass is 32.2. The summed E-state index contributed by atoms with van der Waals surface area (Å²) in [6.07, 6.45) is 2.34. The van der Waals surface area contributed by atoms with E-state index in [1.165, 1.54) is 16.6 Å². The van der Waals surface area contributed by atoms with Gasteiger partial charge in [-0.1, -0.05) is 17.8 Å². The van der Waals surface area contributed by atoms with Gasteiger partial charge in [0, 0.05) is 18.3 Å². The van der Waals surface area contributed by atoms with E-state index in [2.05, 4.69) is 21.2 Å². The van der Waals surface area contributed by atoms with E-state index in [-0.39, 0.29) is 5.91 Å². The molecule has 0 radical (unpaired) electrons. The molecule has 0 bridgehead atoms. The molecule has 6 nitrogen and oxygen atoms in total. The van der Waals surface area contributed by atoms with E-state index in [1.807, 2.05) is 23.6 Å². The lowest BCUT2D eigenvalue weighted by atomic mass is 10.3. The smallest absolute Gasteiger partial charge is 0.233 e. The van der Waals surface area contributed by atoms with Gasteiger partial charge in [0.05, 0.1) is 18.6 Å². The number of thiophene rings is 1. The Hall–Kier alpha value is -2.06. The zero-order valence-corrected chi connectivity index (χ0v) is 14.2. The first kappa shape index (κ1) is 15.8. The predicted molar refractivity (Wildman–Crippen MR) is 89.4 cm³/mol. The highest BCUT2D eigenvalue weighted by Crippen LogP contribution is 2.17. The maximum Gasteiger partial charge on any atom is 0.233 e. The van der Waals surface area contributed by atoms with Crippen LogP contribution in [0.25, 0.3) is 0 Å². The monoisotopic (exact) mass is 348 g/mol. The van der Waals surface area contributed by atoms with Gasteiger partial charge >= 0.3 is 0 Å². The molecular formula is C15H16N4O2S2. The van der Waals surface area contributed by atoms with Crippen LogP contribution in [0.15, 0.2) is 45.5 Å². The summed E-state index contributed by atoms with van der Waals surface area (Å²) >= 11 is 3.02. The number of nitrogens with one attached hydrogen (secondary N) is 1. The van der Waals surface area contributed by atoms with Crippen LogP contribution in [0, 0.1) is 0 Å². The molecule has 3 heterocycles. The minimum absolute atomic E-state index is 0.0102. The summed E-state index contributed by atoms with van der Waals surface area (Å²) < 4.78 is 5.24. The highest BCUT2D eigenvalue weighted by molar-refractivity contribution is 7.99. The fourth-order valence-electron chi connectivity index (χ4n) is 1.96. The highest BCUT2D eigenvalue weighted by Gasteiger charge is 2.13. The summed E-state index contributed by atoms with van der Waals surface area (Å²) in [4.78, 5) is 19.4. The molecule has 3 rings (SSSR count). The molecule has 120 valence electrons. The molecule has 0 unspecified atom stereocenters. The summed E-state index contributed by atoms with van der Waals surface area (Å²) in [5.74, 6) is 1.89. The van der Waals surface area contributed by atoms with Gasteiger partial charge in [-0.2, -0.15) is 0 Å². The van der Waals surface area contributed by atoms with Crippen LogP contribution in [-0.4, -0.2) is 38.8 Å². The van der Waals surface area contributed by atoms with Crippen molar-refractivity contribution in [1.29, 1.82) is 0 Å². The fraction of sp³-hybridized carbons (Fsp3) is 0.267. The Morgan fingerprint density at radius 3 is 3.09 bits per heavy atom. The molecular weight excluding hydrogens is 332 g/mol. The first-order valence-corrected chi connectivity index (χ1v) is 8.90. The van der Waals surface area contributed by atoms with Gasteiger partial charge in [0.1, 0.15) is 11.6 Å². The summed E-state index contributed by atoms with van der Waals surface area (Å²) in [5.41, 5.74) is 0. The number of furan rings is 1. The first-order valence-electron chi connectivity index (χ1n) is 7.03. The van der Waals surface area contributed by atoms with Crippen molar-refractivity contribution < 1.29 is 9.21 Å². The van der Waals surface area contributed by atoms with Gasteiger partial charge in [-0.25, -0.2) is 4.98 Å². The third-order valence-electron chi connectivity index (χ3n) is 3.16. The molecule has 23 heavy (non-hydrogen) atoms. The molecule has 0 saturated heterocycles. The van der Waals surface area contributed by atoms with E-state index in [9.17, 15) is 4.79 Å². The molecule has 0 aliphatic carbocycles. The summed E-state index contributed by atoms with van der Waals surface area (Å²) in [6.45, 7) is 0.462. The predicted octanol–water partition coefficient (Wildman–Crippen LogP) is 2.80. The van der Waals surface area contributed by atoms with E-state index < -0.39 is 0 Å². The largest absolute Gasteiger partial charge is 0.467 e. The Morgan fingerprint density at radius 1 is 1.43 bits per heavy atom. The molecule has 3 aromatic heterocycles. The number of carbonyl (C=O) groups is 1. The Morgan fingerprint density at radius 2 is 2.35 bits per heavy atom. The van der Waals surface area contributed by atoms with Crippen molar-refractivity contribution in [3.63, 3.8) is 0 Å². The van der Waals surface area contributed by atoms with Crippen LogP contribution in [0.2, 0.25) is 0 Å². The van der Waals surface area contributed by atoms with E-state index >= 15 is 0 Å². The lowest BCUT2D eigenvalue weighted by molar-refractivity contribution is -0.127. The van der Waals surface area contributed by atoms with Crippen molar-refractivity contribution >= 4 is 29.0 Å². The van der Waals surface area contributed by atoms with Crippen LogP contribution >= 0.6 is 23.1 Å². The zero-order chi connectivity index (χ0) is 16.1. The molecule has 3 aromatic rings. The van der Waals surface area contributed by atoms with E-state index in [4.69, 9.17) is 4.42 Å². The third kappa shape index (κ3) is 4.46. The van der Waals surface area contributed by atoms with Gasteiger partial charge in [0.25, 0.3) is 0 Å². The van der Waals surface area contributed by atoms with Crippen molar-refractivity contribution in [2.45, 2.75) is 18.1 Å². The Kier molecular flexibility index (Phi) is 5.14. The van der Waals surface area contributed by atoms with Crippen molar-refractivity contribution in [3.05, 3.63) is 52.4 Å². The Labute approximate surface area is 141 Å². The van der Waals surface area contributed by atoms with Gasteiger partial charge in [-0.05, 0) is 23.6 Å². The van der Waals surface area contributed by atoms with Gasteiger partial charge in [-0.3, -0.25) is 9.89 Å². The van der Waals surface area contributed by atoms with Crippen LogP contribution in [0.5, 0.6) is 0 Å². The quantitative estimate of drug-likeness (QED) is 0.665. The molecule has 1 N–H and O–H groups in total. The third-order valence-corrected chi connectivity index (χ3v) is 4.87. The van der Waals surface area contributed by atoms with Gasteiger partial charge in [-0.15, -0.1) is 16.4 Å². The number of H-pyrrole nitrogens is 1. The summed E-state index contributed by atoms with van der Waals surface area (Å²) in [5, 5.41) is 9.69. The maximum atomic E-state index is 12.1. The average Bonchev–Trinajstić information content (AvgIpc) is 3.28. The molecule has 0 aromatic carbocycles. The molecule has 0 saturated carbocycles. The molecule has 0 fully saturated rings. The number of aromatic nitrogens is 3. The maximum absolute atomic E-state index is 12.1. The molecule has 0 atom stereocenters. The van der Waals surface area contributed by atoms with Crippen molar-refractivity contribution in [2.75, 3.05) is 12.8 Å². The van der Waals surface area contributed by atoms with Crippen LogP contribution < -0.4 is 0 Å². The number of hydrogen-bond donors (Lipinski definition) is 1. The second-order valence-electron chi connectivity index (χ2n) is 4.94. The fourth-order valence-corrected chi connectivity index (χ4v) is 3.43. The second-order valence-corrected chi connectivity index (χ2v) is 6.91. The topological polar surface area (TPSA) is 75.0 Å². The summed E-state index contributed by atoms with van der Waals surface area (Å²) in [6, 6.07) is 7.74. The van der Waals surface area contributed by atoms with Crippen molar-refractivity contribution in [3.8, 4) is 0 Å².